The summed E-state index contributed by atoms with van der Waals surface area (Å²) in [5.74, 6) is 0.950. The molecule has 1 aromatic carbocycles. The summed E-state index contributed by atoms with van der Waals surface area (Å²) in [6.45, 7) is 4.44. The number of aromatic nitrogens is 2. The van der Waals surface area contributed by atoms with Gasteiger partial charge >= 0.3 is 0 Å². The molecule has 5 rings (SSSR count). The second-order valence-electron chi connectivity index (χ2n) is 8.63. The summed E-state index contributed by atoms with van der Waals surface area (Å²) in [4.78, 5) is 23.7. The number of amides is 1. The van der Waals surface area contributed by atoms with Gasteiger partial charge in [-0.15, -0.1) is 0 Å². The highest BCUT2D eigenvalue weighted by atomic mass is 16.5. The molecule has 0 radical (unpaired) electrons. The van der Waals surface area contributed by atoms with Gasteiger partial charge in [0.15, 0.2) is 0 Å². The predicted octanol–water partition coefficient (Wildman–Crippen LogP) is 2.31. The van der Waals surface area contributed by atoms with Gasteiger partial charge in [-0.25, -0.2) is 4.98 Å². The smallest absolute Gasteiger partial charge is 0.225 e. The minimum atomic E-state index is 0.0156. The van der Waals surface area contributed by atoms with E-state index in [-0.39, 0.29) is 24.0 Å². The fourth-order valence-electron chi connectivity index (χ4n) is 4.69. The third-order valence-electron chi connectivity index (χ3n) is 6.51. The number of anilines is 1. The van der Waals surface area contributed by atoms with Crippen molar-refractivity contribution in [2.75, 3.05) is 44.4 Å². The molecule has 0 bridgehead atoms. The second-order valence-corrected chi connectivity index (χ2v) is 8.63. The molecule has 1 unspecified atom stereocenters. The Kier molecular flexibility index (Phi) is 6.18. The van der Waals surface area contributed by atoms with Crippen molar-refractivity contribution in [1.82, 2.24) is 15.3 Å². The third-order valence-corrected chi connectivity index (χ3v) is 6.51. The van der Waals surface area contributed by atoms with Gasteiger partial charge in [-0.05, 0) is 38.2 Å². The monoisotopic (exact) mass is 426 g/mol. The number of benzene rings is 1. The van der Waals surface area contributed by atoms with Crippen LogP contribution in [0.4, 0.5) is 5.69 Å². The Hall–Kier alpha value is -2.45. The molecule has 1 atom stereocenters. The quantitative estimate of drug-likeness (QED) is 0.785. The highest BCUT2D eigenvalue weighted by Gasteiger charge is 2.29. The minimum absolute atomic E-state index is 0.0156. The first-order chi connectivity index (χ1) is 15.3. The molecule has 31 heavy (non-hydrogen) atoms. The van der Waals surface area contributed by atoms with E-state index in [4.69, 9.17) is 14.2 Å². The van der Waals surface area contributed by atoms with Crippen LogP contribution in [-0.2, 0) is 14.3 Å². The van der Waals surface area contributed by atoms with Crippen molar-refractivity contribution in [1.29, 1.82) is 0 Å². The standard InChI is InChI=1S/C23H30N4O4/c28-23(16-5-10-30-15-16)26-17-1-3-19(4-2-17)31-21-14-18(27-8-11-29-12-9-27)13-20-22(21)25-7-6-24-20/h6-7,13-14,16-17,19H,1-5,8-12,15H2,(H,26,28). The van der Waals surface area contributed by atoms with Crippen LogP contribution in [0, 0.1) is 5.92 Å². The van der Waals surface area contributed by atoms with Gasteiger partial charge in [0.25, 0.3) is 0 Å². The summed E-state index contributed by atoms with van der Waals surface area (Å²) < 4.78 is 17.3. The van der Waals surface area contributed by atoms with Gasteiger partial charge in [-0.3, -0.25) is 9.78 Å². The first-order valence-corrected chi connectivity index (χ1v) is 11.4. The van der Waals surface area contributed by atoms with Gasteiger partial charge in [0.2, 0.25) is 5.91 Å². The first kappa shape index (κ1) is 20.5. The van der Waals surface area contributed by atoms with Gasteiger partial charge in [0, 0.05) is 49.9 Å². The fourth-order valence-corrected chi connectivity index (χ4v) is 4.69. The number of fused-ring (bicyclic) bond motifs is 1. The van der Waals surface area contributed by atoms with E-state index in [1.54, 1.807) is 12.4 Å². The molecule has 2 aliphatic heterocycles. The maximum atomic E-state index is 12.4. The summed E-state index contributed by atoms with van der Waals surface area (Å²) in [5, 5.41) is 3.21. The molecule has 2 saturated heterocycles. The summed E-state index contributed by atoms with van der Waals surface area (Å²) in [6, 6.07) is 4.40. The highest BCUT2D eigenvalue weighted by Crippen LogP contribution is 2.33. The number of rotatable bonds is 5. The maximum Gasteiger partial charge on any atom is 0.225 e. The average Bonchev–Trinajstić information content (AvgIpc) is 3.36. The maximum absolute atomic E-state index is 12.4. The number of ether oxygens (including phenoxy) is 3. The zero-order valence-electron chi connectivity index (χ0n) is 17.8. The van der Waals surface area contributed by atoms with Gasteiger partial charge in [0.05, 0.1) is 37.4 Å². The van der Waals surface area contributed by atoms with Crippen LogP contribution >= 0.6 is 0 Å². The number of hydrogen-bond acceptors (Lipinski definition) is 7. The Labute approximate surface area is 182 Å². The molecule has 3 fully saturated rings. The van der Waals surface area contributed by atoms with Crippen LogP contribution in [0.2, 0.25) is 0 Å². The van der Waals surface area contributed by atoms with E-state index in [0.29, 0.717) is 13.2 Å². The topological polar surface area (TPSA) is 85.8 Å². The van der Waals surface area contributed by atoms with Crippen LogP contribution in [0.3, 0.4) is 0 Å². The molecule has 1 amide bonds. The average molecular weight is 427 g/mol. The molecule has 3 heterocycles. The van der Waals surface area contributed by atoms with Crippen molar-refractivity contribution >= 4 is 22.6 Å². The fraction of sp³-hybridized carbons (Fsp3) is 0.609. The largest absolute Gasteiger partial charge is 0.488 e. The van der Waals surface area contributed by atoms with Crippen LogP contribution in [0.1, 0.15) is 32.1 Å². The third kappa shape index (κ3) is 4.75. The number of nitrogens with zero attached hydrogens (tertiary/aromatic N) is 3. The first-order valence-electron chi connectivity index (χ1n) is 11.4. The van der Waals surface area contributed by atoms with E-state index in [9.17, 15) is 4.79 Å². The van der Waals surface area contributed by atoms with Gasteiger partial charge in [0.1, 0.15) is 11.3 Å². The van der Waals surface area contributed by atoms with E-state index in [2.05, 4.69) is 32.3 Å². The number of carbonyl (C=O) groups excluding carboxylic acids is 1. The summed E-state index contributed by atoms with van der Waals surface area (Å²) in [6.07, 6.45) is 8.06. The van der Waals surface area contributed by atoms with E-state index >= 15 is 0 Å². The summed E-state index contributed by atoms with van der Waals surface area (Å²) in [7, 11) is 0. The van der Waals surface area contributed by atoms with Crippen LogP contribution in [0.25, 0.3) is 11.0 Å². The van der Waals surface area contributed by atoms with E-state index in [1.165, 1.54) is 0 Å². The van der Waals surface area contributed by atoms with Gasteiger partial charge < -0.3 is 24.4 Å². The van der Waals surface area contributed by atoms with Crippen molar-refractivity contribution in [3.8, 4) is 5.75 Å². The zero-order chi connectivity index (χ0) is 21.0. The van der Waals surface area contributed by atoms with Crippen LogP contribution in [0.5, 0.6) is 5.75 Å². The molecular formula is C23H30N4O4. The van der Waals surface area contributed by atoms with Crippen molar-refractivity contribution in [3.63, 3.8) is 0 Å². The highest BCUT2D eigenvalue weighted by molar-refractivity contribution is 5.85. The van der Waals surface area contributed by atoms with Crippen LogP contribution in [0.15, 0.2) is 24.5 Å². The lowest BCUT2D eigenvalue weighted by atomic mass is 9.92. The molecule has 1 N–H and O–H groups in total. The predicted molar refractivity (Wildman–Crippen MR) is 116 cm³/mol. The molecule has 166 valence electrons. The van der Waals surface area contributed by atoms with Crippen molar-refractivity contribution in [3.05, 3.63) is 24.5 Å². The molecule has 3 aliphatic rings. The van der Waals surface area contributed by atoms with Crippen molar-refractivity contribution in [2.45, 2.75) is 44.2 Å². The lowest BCUT2D eigenvalue weighted by molar-refractivity contribution is -0.126. The number of hydrogen-bond donors (Lipinski definition) is 1. The SMILES string of the molecule is O=C(NC1CCC(Oc2cc(N3CCOCC3)cc3nccnc23)CC1)C1CCOC1. The number of nitrogens with one attached hydrogen (secondary N) is 1. The lowest BCUT2D eigenvalue weighted by Crippen LogP contribution is -2.42. The minimum Gasteiger partial charge on any atom is -0.488 e. The second kappa shape index (κ2) is 9.36. The Morgan fingerprint density at radius 1 is 1.00 bits per heavy atom. The molecule has 2 aromatic rings. The van der Waals surface area contributed by atoms with Gasteiger partial charge in [-0.2, -0.15) is 0 Å². The van der Waals surface area contributed by atoms with Crippen molar-refractivity contribution in [2.24, 2.45) is 5.92 Å². The molecule has 1 aromatic heterocycles. The summed E-state index contributed by atoms with van der Waals surface area (Å²) in [5.41, 5.74) is 2.75. The molecule has 0 spiro atoms. The molecular weight excluding hydrogens is 396 g/mol. The van der Waals surface area contributed by atoms with Crippen LogP contribution in [-0.4, -0.2) is 67.5 Å². The normalized spacial score (nSPS) is 26.7. The Balaban J connectivity index is 1.24. The summed E-state index contributed by atoms with van der Waals surface area (Å²) >= 11 is 0. The number of morpholine rings is 1. The van der Waals surface area contributed by atoms with Gasteiger partial charge in [-0.1, -0.05) is 0 Å². The Bertz CT molecular complexity index is 904. The Morgan fingerprint density at radius 2 is 1.81 bits per heavy atom. The van der Waals surface area contributed by atoms with E-state index in [0.717, 1.165) is 80.9 Å². The molecule has 8 nitrogen and oxygen atoms in total. The molecule has 8 heteroatoms. The Morgan fingerprint density at radius 3 is 2.58 bits per heavy atom. The zero-order valence-corrected chi connectivity index (χ0v) is 17.8. The molecule has 1 aliphatic carbocycles. The number of carbonyl (C=O) groups is 1. The van der Waals surface area contributed by atoms with Crippen molar-refractivity contribution < 1.29 is 19.0 Å². The van der Waals surface area contributed by atoms with E-state index in [1.807, 2.05) is 0 Å². The van der Waals surface area contributed by atoms with E-state index < -0.39 is 0 Å². The van der Waals surface area contributed by atoms with Crippen LogP contribution < -0.4 is 15.0 Å². The molecule has 1 saturated carbocycles. The lowest BCUT2D eigenvalue weighted by Gasteiger charge is -2.31.